The molecule has 0 spiro atoms. The Hall–Kier alpha value is -2.14. The number of anilines is 1. The SMILES string of the molecule is O=C(Nc1cccc(-c2cn3ccsc3n2)c1)C1CCCCC1. The highest BCUT2D eigenvalue weighted by molar-refractivity contribution is 7.15. The third kappa shape index (κ3) is 3.01. The molecule has 5 heteroatoms. The molecule has 1 N–H and O–H groups in total. The minimum absolute atomic E-state index is 0.160. The predicted octanol–water partition coefficient (Wildman–Crippen LogP) is 4.58. The largest absolute Gasteiger partial charge is 0.326 e. The molecular formula is C18H19N3OS. The van der Waals surface area contributed by atoms with Gasteiger partial charge < -0.3 is 5.32 Å². The van der Waals surface area contributed by atoms with Crippen molar-refractivity contribution in [3.63, 3.8) is 0 Å². The number of nitrogens with one attached hydrogen (secondary N) is 1. The number of rotatable bonds is 3. The van der Waals surface area contributed by atoms with E-state index in [1.807, 2.05) is 46.4 Å². The van der Waals surface area contributed by atoms with Gasteiger partial charge in [0.2, 0.25) is 5.91 Å². The minimum atomic E-state index is 0.160. The van der Waals surface area contributed by atoms with E-state index in [0.717, 1.165) is 34.7 Å². The highest BCUT2D eigenvalue weighted by Gasteiger charge is 2.21. The van der Waals surface area contributed by atoms with Crippen molar-refractivity contribution in [2.75, 3.05) is 5.32 Å². The maximum atomic E-state index is 12.4. The lowest BCUT2D eigenvalue weighted by Crippen LogP contribution is -2.24. The fourth-order valence-electron chi connectivity index (χ4n) is 3.23. The maximum absolute atomic E-state index is 12.4. The highest BCUT2D eigenvalue weighted by Crippen LogP contribution is 2.27. The van der Waals surface area contributed by atoms with Crippen LogP contribution in [0.4, 0.5) is 5.69 Å². The Morgan fingerprint density at radius 3 is 2.96 bits per heavy atom. The molecule has 1 aliphatic rings. The van der Waals surface area contributed by atoms with Crippen LogP contribution in [0, 0.1) is 5.92 Å². The first kappa shape index (κ1) is 14.5. The molecule has 1 fully saturated rings. The second-order valence-corrected chi connectivity index (χ2v) is 7.00. The fraction of sp³-hybridized carbons (Fsp3) is 0.333. The van der Waals surface area contributed by atoms with Gasteiger partial charge in [0.15, 0.2) is 4.96 Å². The molecule has 1 aliphatic carbocycles. The Labute approximate surface area is 139 Å². The molecule has 1 amide bonds. The molecule has 0 aliphatic heterocycles. The highest BCUT2D eigenvalue weighted by atomic mass is 32.1. The molecule has 2 aromatic heterocycles. The summed E-state index contributed by atoms with van der Waals surface area (Å²) in [6.07, 6.45) is 9.66. The van der Waals surface area contributed by atoms with Crippen molar-refractivity contribution >= 4 is 27.9 Å². The number of benzene rings is 1. The first-order chi connectivity index (χ1) is 11.3. The van der Waals surface area contributed by atoms with Gasteiger partial charge in [0.1, 0.15) is 0 Å². The third-order valence-corrected chi connectivity index (χ3v) is 5.27. The number of fused-ring (bicyclic) bond motifs is 1. The number of thiazole rings is 1. The van der Waals surface area contributed by atoms with Gasteiger partial charge in [0.05, 0.1) is 5.69 Å². The summed E-state index contributed by atoms with van der Waals surface area (Å²) in [5.41, 5.74) is 2.82. The molecule has 0 radical (unpaired) electrons. The van der Waals surface area contributed by atoms with E-state index in [2.05, 4.69) is 10.3 Å². The molecule has 2 heterocycles. The summed E-state index contributed by atoms with van der Waals surface area (Å²) < 4.78 is 2.02. The molecule has 4 nitrogen and oxygen atoms in total. The Morgan fingerprint density at radius 2 is 2.13 bits per heavy atom. The number of amides is 1. The van der Waals surface area contributed by atoms with E-state index in [4.69, 9.17) is 0 Å². The second-order valence-electron chi connectivity index (χ2n) is 6.12. The zero-order valence-corrected chi connectivity index (χ0v) is 13.7. The topological polar surface area (TPSA) is 46.4 Å². The number of imidazole rings is 1. The summed E-state index contributed by atoms with van der Waals surface area (Å²) in [5, 5.41) is 5.10. The zero-order chi connectivity index (χ0) is 15.6. The lowest BCUT2D eigenvalue weighted by atomic mass is 9.88. The number of hydrogen-bond acceptors (Lipinski definition) is 3. The van der Waals surface area contributed by atoms with E-state index in [-0.39, 0.29) is 11.8 Å². The van der Waals surface area contributed by atoms with Crippen LogP contribution in [0.25, 0.3) is 16.2 Å². The molecule has 23 heavy (non-hydrogen) atoms. The third-order valence-electron chi connectivity index (χ3n) is 4.50. The molecule has 4 rings (SSSR count). The molecule has 0 unspecified atom stereocenters. The van der Waals surface area contributed by atoms with Gasteiger partial charge in [-0.25, -0.2) is 4.98 Å². The Bertz CT molecular complexity index is 801. The predicted molar refractivity (Wildman–Crippen MR) is 93.7 cm³/mol. The summed E-state index contributed by atoms with van der Waals surface area (Å²) >= 11 is 1.62. The Kier molecular flexibility index (Phi) is 3.87. The average Bonchev–Trinajstić information content (AvgIpc) is 3.17. The minimum Gasteiger partial charge on any atom is -0.326 e. The van der Waals surface area contributed by atoms with E-state index in [0.29, 0.717) is 0 Å². The van der Waals surface area contributed by atoms with Crippen molar-refractivity contribution in [3.8, 4) is 11.3 Å². The molecule has 3 aromatic rings. The Balaban J connectivity index is 1.53. The van der Waals surface area contributed by atoms with Crippen LogP contribution in [0.3, 0.4) is 0 Å². The summed E-state index contributed by atoms with van der Waals surface area (Å²) in [5.74, 6) is 0.332. The van der Waals surface area contributed by atoms with Crippen molar-refractivity contribution < 1.29 is 4.79 Å². The van der Waals surface area contributed by atoms with Gasteiger partial charge in [-0.2, -0.15) is 0 Å². The van der Waals surface area contributed by atoms with Crippen LogP contribution in [-0.4, -0.2) is 15.3 Å². The first-order valence-corrected chi connectivity index (χ1v) is 9.01. The molecule has 0 atom stereocenters. The quantitative estimate of drug-likeness (QED) is 0.766. The number of nitrogens with zero attached hydrogens (tertiary/aromatic N) is 2. The number of carbonyl (C=O) groups is 1. The summed E-state index contributed by atoms with van der Waals surface area (Å²) in [7, 11) is 0. The Morgan fingerprint density at radius 1 is 1.26 bits per heavy atom. The normalized spacial score (nSPS) is 15.8. The van der Waals surface area contributed by atoms with Crippen LogP contribution in [0.15, 0.2) is 42.0 Å². The van der Waals surface area contributed by atoms with Crippen LogP contribution in [0.1, 0.15) is 32.1 Å². The number of carbonyl (C=O) groups excluding carboxylic acids is 1. The van der Waals surface area contributed by atoms with Gasteiger partial charge in [-0.05, 0) is 25.0 Å². The summed E-state index contributed by atoms with van der Waals surface area (Å²) in [6.45, 7) is 0. The van der Waals surface area contributed by atoms with Crippen LogP contribution in [0.5, 0.6) is 0 Å². The summed E-state index contributed by atoms with van der Waals surface area (Å²) in [6, 6.07) is 7.96. The average molecular weight is 325 g/mol. The molecular weight excluding hydrogens is 306 g/mol. The van der Waals surface area contributed by atoms with Crippen molar-refractivity contribution in [2.24, 2.45) is 5.92 Å². The van der Waals surface area contributed by atoms with Crippen molar-refractivity contribution in [1.29, 1.82) is 0 Å². The van der Waals surface area contributed by atoms with E-state index < -0.39 is 0 Å². The zero-order valence-electron chi connectivity index (χ0n) is 12.9. The standard InChI is InChI=1S/C18H19N3OS/c22-17(13-5-2-1-3-6-13)19-15-8-4-7-14(11-15)16-12-21-9-10-23-18(21)20-16/h4,7-13H,1-3,5-6H2,(H,19,22). The van der Waals surface area contributed by atoms with Gasteiger partial charge in [-0.1, -0.05) is 31.4 Å². The second kappa shape index (κ2) is 6.16. The van der Waals surface area contributed by atoms with Crippen LogP contribution in [-0.2, 0) is 4.79 Å². The van der Waals surface area contributed by atoms with E-state index in [1.54, 1.807) is 11.3 Å². The van der Waals surface area contributed by atoms with Crippen molar-refractivity contribution in [2.45, 2.75) is 32.1 Å². The van der Waals surface area contributed by atoms with Gasteiger partial charge >= 0.3 is 0 Å². The number of aromatic nitrogens is 2. The molecule has 118 valence electrons. The lowest BCUT2D eigenvalue weighted by Gasteiger charge is -2.20. The molecule has 1 saturated carbocycles. The van der Waals surface area contributed by atoms with Crippen LogP contribution >= 0.6 is 11.3 Å². The van der Waals surface area contributed by atoms with Gasteiger partial charge in [-0.15, -0.1) is 11.3 Å². The van der Waals surface area contributed by atoms with Gasteiger partial charge in [0, 0.05) is 34.9 Å². The fourth-order valence-corrected chi connectivity index (χ4v) is 3.93. The van der Waals surface area contributed by atoms with E-state index in [1.165, 1.54) is 19.3 Å². The van der Waals surface area contributed by atoms with Crippen LogP contribution < -0.4 is 5.32 Å². The smallest absolute Gasteiger partial charge is 0.227 e. The maximum Gasteiger partial charge on any atom is 0.227 e. The van der Waals surface area contributed by atoms with E-state index in [9.17, 15) is 4.79 Å². The lowest BCUT2D eigenvalue weighted by molar-refractivity contribution is -0.120. The van der Waals surface area contributed by atoms with Crippen LogP contribution in [0.2, 0.25) is 0 Å². The van der Waals surface area contributed by atoms with Crippen molar-refractivity contribution in [3.05, 3.63) is 42.0 Å². The number of hydrogen-bond donors (Lipinski definition) is 1. The first-order valence-electron chi connectivity index (χ1n) is 8.13. The molecule has 0 bridgehead atoms. The molecule has 0 saturated heterocycles. The van der Waals surface area contributed by atoms with Crippen molar-refractivity contribution in [1.82, 2.24) is 9.38 Å². The van der Waals surface area contributed by atoms with Gasteiger partial charge in [-0.3, -0.25) is 9.20 Å². The monoisotopic (exact) mass is 325 g/mol. The molecule has 1 aromatic carbocycles. The van der Waals surface area contributed by atoms with Gasteiger partial charge in [0.25, 0.3) is 0 Å². The van der Waals surface area contributed by atoms with E-state index >= 15 is 0 Å². The summed E-state index contributed by atoms with van der Waals surface area (Å²) in [4.78, 5) is 18.0.